The Balaban J connectivity index is 0.000000512. The first-order chi connectivity index (χ1) is 39.9. The van der Waals surface area contributed by atoms with E-state index >= 15 is 0 Å². The van der Waals surface area contributed by atoms with E-state index in [1.165, 1.54) is 28.2 Å². The van der Waals surface area contributed by atoms with Gasteiger partial charge in [-0.3, -0.25) is 57.0 Å². The Morgan fingerprint density at radius 2 is 0.871 bits per heavy atom. The molecule has 9 aromatic heterocycles. The predicted octanol–water partition coefficient (Wildman–Crippen LogP) is 9.97. The molecule has 0 saturated carbocycles. The topological polar surface area (TPSA) is 271 Å². The number of hydrogen-bond donors (Lipinski definition) is 1. The molecule has 85 heavy (non-hydrogen) atoms. The molecule has 22 nitrogen and oxygen atoms in total. The van der Waals surface area contributed by atoms with Gasteiger partial charge in [0, 0.05) is 47.2 Å². The number of aromatic nitrogens is 15. The van der Waals surface area contributed by atoms with Crippen LogP contribution in [0.2, 0.25) is 0 Å². The molecular formula is C63H94N16O6. The molecule has 0 saturated heterocycles. The van der Waals surface area contributed by atoms with Crippen LogP contribution < -0.4 is 38.5 Å². The van der Waals surface area contributed by atoms with Crippen LogP contribution in [0.1, 0.15) is 180 Å². The lowest BCUT2D eigenvalue weighted by atomic mass is 10.1. The van der Waals surface area contributed by atoms with E-state index in [0.717, 1.165) is 0 Å². The molecule has 1 aliphatic heterocycles. The van der Waals surface area contributed by atoms with Gasteiger partial charge >= 0.3 is 0 Å². The monoisotopic (exact) mass is 1170 g/mol. The minimum absolute atomic E-state index is 0.0186. The van der Waals surface area contributed by atoms with Gasteiger partial charge in [-0.1, -0.05) is 69.2 Å². The van der Waals surface area contributed by atoms with Crippen LogP contribution >= 0.6 is 0 Å². The zero-order chi connectivity index (χ0) is 65.4. The molecule has 0 bridgehead atoms. The van der Waals surface area contributed by atoms with Crippen LogP contribution in [0.5, 0.6) is 0 Å². The number of carbonyl (C=O) groups excluding carboxylic acids is 1. The average Bonchev–Trinajstić information content (AvgIpc) is 2.75. The van der Waals surface area contributed by atoms with E-state index in [2.05, 4.69) is 54.9 Å². The summed E-state index contributed by atoms with van der Waals surface area (Å²) >= 11 is 0. The average molecular weight is 1170 g/mol. The van der Waals surface area contributed by atoms with Crippen LogP contribution in [-0.4, -0.2) is 78.8 Å². The summed E-state index contributed by atoms with van der Waals surface area (Å²) in [6, 6.07) is 8.73. The molecule has 0 aliphatic carbocycles. The SMILES string of the molecule is CC.CC.CC.CC.CC.CC(C)(C)n1cnc2c(c1=O)=NC(=O)CC=2.CC(C)(C)n1cnc2cnccc2c1=O.CC(C)(C)n1cnc2nc[nH]c2c1=O.CC(C)(C)n1cnc2ncccc2c1=O.CC(C)(C)n1ncc2ncccc2c1=O. The number of aromatic amines is 1. The Labute approximate surface area is 499 Å². The van der Waals surface area contributed by atoms with Crippen molar-refractivity contribution >= 4 is 56.0 Å². The molecule has 10 heterocycles. The van der Waals surface area contributed by atoms with E-state index < -0.39 is 0 Å². The van der Waals surface area contributed by atoms with Gasteiger partial charge in [0.15, 0.2) is 22.2 Å². The summed E-state index contributed by atoms with van der Waals surface area (Å²) in [5, 5.41) is 6.58. The van der Waals surface area contributed by atoms with Crippen molar-refractivity contribution in [1.82, 2.24) is 72.9 Å². The van der Waals surface area contributed by atoms with Gasteiger partial charge in [0.05, 0.1) is 69.5 Å². The number of fused-ring (bicyclic) bond motifs is 5. The number of imidazole rings is 1. The molecule has 1 aliphatic rings. The van der Waals surface area contributed by atoms with E-state index in [-0.39, 0.29) is 73.2 Å². The fourth-order valence-corrected chi connectivity index (χ4v) is 7.20. The molecule has 462 valence electrons. The lowest BCUT2D eigenvalue weighted by Crippen LogP contribution is -2.51. The maximum atomic E-state index is 12.1. The molecule has 10 rings (SSSR count). The predicted molar refractivity (Wildman–Crippen MR) is 345 cm³/mol. The van der Waals surface area contributed by atoms with Crippen molar-refractivity contribution in [2.75, 3.05) is 0 Å². The van der Waals surface area contributed by atoms with Crippen LogP contribution in [-0.2, 0) is 32.5 Å². The number of hydrogen-bond acceptors (Lipinski definition) is 15. The van der Waals surface area contributed by atoms with Crippen molar-refractivity contribution in [3.8, 4) is 0 Å². The number of amides is 1. The highest BCUT2D eigenvalue weighted by atomic mass is 16.2. The summed E-state index contributed by atoms with van der Waals surface area (Å²) in [5.74, 6) is -0.293. The molecule has 0 spiro atoms. The fraction of sp³-hybridized carbons (Fsp3) is 0.492. The maximum Gasteiger partial charge on any atom is 0.280 e. The van der Waals surface area contributed by atoms with Crippen molar-refractivity contribution in [2.24, 2.45) is 4.99 Å². The first kappa shape index (κ1) is 74.5. The molecule has 0 radical (unpaired) electrons. The minimum atomic E-state index is -0.366. The van der Waals surface area contributed by atoms with Crippen molar-refractivity contribution in [3.63, 3.8) is 0 Å². The highest BCUT2D eigenvalue weighted by Gasteiger charge is 2.21. The molecular weight excluding hydrogens is 1080 g/mol. The van der Waals surface area contributed by atoms with Gasteiger partial charge in [0.2, 0.25) is 5.91 Å². The number of rotatable bonds is 0. The van der Waals surface area contributed by atoms with Crippen LogP contribution in [0.4, 0.5) is 0 Å². The third-order valence-corrected chi connectivity index (χ3v) is 11.2. The van der Waals surface area contributed by atoms with Crippen LogP contribution in [0.15, 0.2) is 122 Å². The number of nitrogens with zero attached hydrogens (tertiary/aromatic N) is 15. The molecule has 0 aromatic carbocycles. The van der Waals surface area contributed by atoms with Gasteiger partial charge in [-0.25, -0.2) is 39.6 Å². The summed E-state index contributed by atoms with van der Waals surface area (Å²) in [4.78, 5) is 110. The van der Waals surface area contributed by atoms with E-state index in [4.69, 9.17) is 0 Å². The van der Waals surface area contributed by atoms with Crippen LogP contribution in [0.25, 0.3) is 50.1 Å². The highest BCUT2D eigenvalue weighted by Crippen LogP contribution is 2.15. The quantitative estimate of drug-likeness (QED) is 0.148. The van der Waals surface area contributed by atoms with Gasteiger partial charge in [-0.2, -0.15) is 5.10 Å². The summed E-state index contributed by atoms with van der Waals surface area (Å²) in [6.45, 7) is 49.3. The van der Waals surface area contributed by atoms with Crippen molar-refractivity contribution in [1.29, 1.82) is 0 Å². The largest absolute Gasteiger partial charge is 0.339 e. The maximum absolute atomic E-state index is 12.1. The number of nitrogens with one attached hydrogen (secondary N) is 1. The van der Waals surface area contributed by atoms with Gasteiger partial charge in [-0.15, -0.1) is 0 Å². The zero-order valence-corrected chi connectivity index (χ0v) is 55.1. The molecule has 0 atom stereocenters. The first-order valence-corrected chi connectivity index (χ1v) is 29.0. The van der Waals surface area contributed by atoms with Crippen LogP contribution in [0, 0.1) is 0 Å². The Morgan fingerprint density at radius 3 is 1.41 bits per heavy atom. The smallest absolute Gasteiger partial charge is 0.280 e. The first-order valence-electron chi connectivity index (χ1n) is 29.0. The molecule has 9 aromatic rings. The number of carbonyl (C=O) groups is 1. The second kappa shape index (κ2) is 33.1. The van der Waals surface area contributed by atoms with E-state index in [1.54, 1.807) is 93.7 Å². The summed E-state index contributed by atoms with van der Waals surface area (Å²) in [6.07, 6.45) is 17.6. The van der Waals surface area contributed by atoms with Gasteiger partial charge in [0.25, 0.3) is 27.8 Å². The van der Waals surface area contributed by atoms with Crippen molar-refractivity contribution < 1.29 is 4.79 Å². The highest BCUT2D eigenvalue weighted by molar-refractivity contribution is 5.82. The Hall–Kier alpha value is -8.56. The molecule has 1 amide bonds. The van der Waals surface area contributed by atoms with Gasteiger partial charge < -0.3 is 4.98 Å². The Kier molecular flexibility index (Phi) is 29.0. The summed E-state index contributed by atoms with van der Waals surface area (Å²) < 4.78 is 7.82. The second-order valence-corrected chi connectivity index (χ2v) is 22.3. The zero-order valence-electron chi connectivity index (χ0n) is 55.1. The van der Waals surface area contributed by atoms with Gasteiger partial charge in [0.1, 0.15) is 12.7 Å². The fourth-order valence-electron chi connectivity index (χ4n) is 7.20. The normalized spacial score (nSPS) is 11.5. The third-order valence-electron chi connectivity index (χ3n) is 11.2. The Morgan fingerprint density at radius 1 is 0.424 bits per heavy atom. The standard InChI is InChI=1S/C11H13N3O2.3C11H13N3O.C9H12N4O.5C2H6/c1-11(2,3)14-6-12-7-4-5-8(15)13-9(7)10(14)16;1-11(2,3)14-7-13-9-6-12-5-4-8(9)10(14)15;1-11(2,3)14-7-13-9-8(10(14)15)5-4-6-12-9;1-11(2,3)14-10(15)8-5-4-6-12-9(8)7-13-14;1-9(2,3)13-5-12-7-6(8(13)14)10-4-11-7;5*1-2/h4,6H,5H2,1-3H3;3*4-7H,1-3H3;4-5H,1-3H3,(H,10,11);5*1-2H3. The second-order valence-electron chi connectivity index (χ2n) is 22.3. The minimum Gasteiger partial charge on any atom is -0.339 e. The Bertz CT molecular complexity index is 3760. The molecule has 22 heteroatoms. The van der Waals surface area contributed by atoms with E-state index in [9.17, 15) is 28.8 Å². The van der Waals surface area contributed by atoms with E-state index in [0.29, 0.717) is 49.4 Å². The van der Waals surface area contributed by atoms with Crippen LogP contribution in [0.3, 0.4) is 0 Å². The third kappa shape index (κ3) is 20.1. The number of H-pyrrole nitrogens is 1. The molecule has 0 unspecified atom stereocenters. The molecule has 1 N–H and O–H groups in total. The summed E-state index contributed by atoms with van der Waals surface area (Å²) in [5.41, 5.74) is 0.785. The lowest BCUT2D eigenvalue weighted by molar-refractivity contribution is -0.117. The lowest BCUT2D eigenvalue weighted by Gasteiger charge is -2.21. The number of pyridine rings is 3. The molecule has 0 fully saturated rings. The van der Waals surface area contributed by atoms with Crippen molar-refractivity contribution in [3.05, 3.63) is 155 Å². The van der Waals surface area contributed by atoms with E-state index in [1.807, 2.05) is 173 Å². The van der Waals surface area contributed by atoms with Crippen molar-refractivity contribution in [2.45, 2.75) is 207 Å². The summed E-state index contributed by atoms with van der Waals surface area (Å²) in [7, 11) is 0. The van der Waals surface area contributed by atoms with Gasteiger partial charge in [-0.05, 0) is 140 Å².